The number of ether oxygens (including phenoxy) is 2. The predicted molar refractivity (Wildman–Crippen MR) is 126 cm³/mol. The number of nitrogens with one attached hydrogen (secondary N) is 2. The van der Waals surface area contributed by atoms with Gasteiger partial charge in [-0.15, -0.1) is 0 Å². The van der Waals surface area contributed by atoms with E-state index in [0.29, 0.717) is 34.4 Å². The highest BCUT2D eigenvalue weighted by molar-refractivity contribution is 9.10. The molecule has 2 N–H and O–H groups in total. The molecule has 2 aromatic carbocycles. The van der Waals surface area contributed by atoms with Gasteiger partial charge in [0.05, 0.1) is 35.1 Å². The highest BCUT2D eigenvalue weighted by Gasteiger charge is 2.11. The van der Waals surface area contributed by atoms with E-state index in [1.54, 1.807) is 37.4 Å². The van der Waals surface area contributed by atoms with Gasteiger partial charge in [-0.2, -0.15) is 5.10 Å². The summed E-state index contributed by atoms with van der Waals surface area (Å²) in [5, 5.41) is 7.05. The molecular weight excluding hydrogens is 486 g/mol. The van der Waals surface area contributed by atoms with Crippen LogP contribution in [0.25, 0.3) is 0 Å². The molecule has 0 aliphatic heterocycles. The molecule has 7 nitrogen and oxygen atoms in total. The molecular formula is C22H25BrClN3O4. The zero-order chi connectivity index (χ0) is 22.6. The molecule has 0 radical (unpaired) electrons. The molecule has 0 heterocycles. The van der Waals surface area contributed by atoms with E-state index < -0.39 is 0 Å². The lowest BCUT2D eigenvalue weighted by molar-refractivity contribution is -0.124. The van der Waals surface area contributed by atoms with Crippen LogP contribution in [0.15, 0.2) is 46.0 Å². The maximum absolute atomic E-state index is 12.0. The summed E-state index contributed by atoms with van der Waals surface area (Å²) in [4.78, 5) is 23.9. The number of benzene rings is 2. The van der Waals surface area contributed by atoms with E-state index in [4.69, 9.17) is 21.1 Å². The van der Waals surface area contributed by atoms with Gasteiger partial charge in [0, 0.05) is 12.8 Å². The average molecular weight is 511 g/mol. The molecule has 0 saturated carbocycles. The van der Waals surface area contributed by atoms with Crippen LogP contribution in [0.1, 0.15) is 38.2 Å². The second-order valence-electron chi connectivity index (χ2n) is 6.56. The summed E-state index contributed by atoms with van der Waals surface area (Å²) in [5.74, 6) is 0.506. The minimum Gasteiger partial charge on any atom is -0.493 e. The molecule has 0 spiro atoms. The van der Waals surface area contributed by atoms with Crippen molar-refractivity contribution in [2.75, 3.05) is 19.0 Å². The number of para-hydroxylation sites is 1. The Labute approximate surface area is 195 Å². The first kappa shape index (κ1) is 24.7. The Kier molecular flexibility index (Phi) is 10.3. The number of halogens is 2. The summed E-state index contributed by atoms with van der Waals surface area (Å²) in [7, 11) is 1.56. The van der Waals surface area contributed by atoms with E-state index in [1.165, 1.54) is 6.21 Å². The lowest BCUT2D eigenvalue weighted by Gasteiger charge is -2.13. The number of hydrogen-bond donors (Lipinski definition) is 2. The third-order valence-corrected chi connectivity index (χ3v) is 5.04. The number of methoxy groups -OCH3 is 1. The van der Waals surface area contributed by atoms with Crippen molar-refractivity contribution in [3.63, 3.8) is 0 Å². The summed E-state index contributed by atoms with van der Waals surface area (Å²) in [6.45, 7) is 2.69. The quantitative estimate of drug-likeness (QED) is 0.248. The van der Waals surface area contributed by atoms with Gasteiger partial charge < -0.3 is 14.8 Å². The lowest BCUT2D eigenvalue weighted by atomic mass is 10.2. The third kappa shape index (κ3) is 8.22. The normalized spacial score (nSPS) is 10.7. The van der Waals surface area contributed by atoms with Gasteiger partial charge in [-0.05, 0) is 52.2 Å². The number of nitrogens with zero attached hydrogens (tertiary/aromatic N) is 1. The van der Waals surface area contributed by atoms with E-state index >= 15 is 0 Å². The molecule has 2 amide bonds. The fourth-order valence-corrected chi connectivity index (χ4v) is 3.27. The van der Waals surface area contributed by atoms with E-state index in [9.17, 15) is 9.59 Å². The topological polar surface area (TPSA) is 89.0 Å². The minimum atomic E-state index is -0.379. The summed E-state index contributed by atoms with van der Waals surface area (Å²) in [6.07, 6.45) is 3.47. The van der Waals surface area contributed by atoms with Crippen LogP contribution in [0.3, 0.4) is 0 Å². The second kappa shape index (κ2) is 13.0. The SMILES string of the molecule is CCCCOc1c(Br)cc(C=NNC(=O)CCC(=O)Nc2ccccc2Cl)cc1OC. The van der Waals surface area contributed by atoms with Crippen LogP contribution in [0.5, 0.6) is 11.5 Å². The minimum absolute atomic E-state index is 0.00908. The molecule has 0 bridgehead atoms. The lowest BCUT2D eigenvalue weighted by Crippen LogP contribution is -2.20. The molecule has 166 valence electrons. The molecule has 0 aliphatic rings. The largest absolute Gasteiger partial charge is 0.493 e. The van der Waals surface area contributed by atoms with E-state index in [-0.39, 0.29) is 24.7 Å². The van der Waals surface area contributed by atoms with Gasteiger partial charge in [0.1, 0.15) is 0 Å². The van der Waals surface area contributed by atoms with Crippen LogP contribution < -0.4 is 20.2 Å². The Hall–Kier alpha value is -2.58. The number of unbranched alkanes of at least 4 members (excludes halogenated alkanes) is 1. The van der Waals surface area contributed by atoms with E-state index in [1.807, 2.05) is 6.07 Å². The van der Waals surface area contributed by atoms with Crippen molar-refractivity contribution >= 4 is 51.2 Å². The summed E-state index contributed by atoms with van der Waals surface area (Å²) >= 11 is 9.48. The zero-order valence-corrected chi connectivity index (χ0v) is 19.8. The first-order valence-electron chi connectivity index (χ1n) is 9.81. The number of anilines is 1. The van der Waals surface area contributed by atoms with Crippen LogP contribution >= 0.6 is 27.5 Å². The molecule has 9 heteroatoms. The molecule has 0 unspecified atom stereocenters. The Morgan fingerprint density at radius 1 is 1.19 bits per heavy atom. The van der Waals surface area contributed by atoms with Gasteiger partial charge in [0.2, 0.25) is 11.8 Å². The molecule has 31 heavy (non-hydrogen) atoms. The number of hydrazone groups is 1. The number of amides is 2. The Bertz CT molecular complexity index is 937. The Balaban J connectivity index is 1.85. The van der Waals surface area contributed by atoms with Crippen LogP contribution in [-0.2, 0) is 9.59 Å². The number of hydrogen-bond acceptors (Lipinski definition) is 5. The molecule has 2 rings (SSSR count). The van der Waals surface area contributed by atoms with Gasteiger partial charge in [0.25, 0.3) is 0 Å². The van der Waals surface area contributed by atoms with Gasteiger partial charge >= 0.3 is 0 Å². The maximum atomic E-state index is 12.0. The van der Waals surface area contributed by atoms with Crippen molar-refractivity contribution in [1.29, 1.82) is 0 Å². The highest BCUT2D eigenvalue weighted by atomic mass is 79.9. The van der Waals surface area contributed by atoms with Crippen LogP contribution in [0.4, 0.5) is 5.69 Å². The summed E-state index contributed by atoms with van der Waals surface area (Å²) < 4.78 is 11.9. The van der Waals surface area contributed by atoms with Crippen LogP contribution in [-0.4, -0.2) is 31.7 Å². The Morgan fingerprint density at radius 3 is 2.65 bits per heavy atom. The van der Waals surface area contributed by atoms with E-state index in [2.05, 4.69) is 38.7 Å². The van der Waals surface area contributed by atoms with Crippen molar-refractivity contribution < 1.29 is 19.1 Å². The molecule has 0 saturated heterocycles. The fraction of sp³-hybridized carbons (Fsp3) is 0.318. The number of carbonyl (C=O) groups excluding carboxylic acids is 2. The first-order valence-corrected chi connectivity index (χ1v) is 11.0. The van der Waals surface area contributed by atoms with Gasteiger partial charge in [-0.1, -0.05) is 37.1 Å². The first-order chi connectivity index (χ1) is 14.9. The summed E-state index contributed by atoms with van der Waals surface area (Å²) in [5.41, 5.74) is 3.63. The van der Waals surface area contributed by atoms with Crippen molar-refractivity contribution in [2.24, 2.45) is 5.10 Å². The molecule has 2 aromatic rings. The molecule has 0 aliphatic carbocycles. The van der Waals surface area contributed by atoms with Gasteiger partial charge in [-0.3, -0.25) is 9.59 Å². The van der Waals surface area contributed by atoms with E-state index in [0.717, 1.165) is 17.3 Å². The molecule has 0 aromatic heterocycles. The zero-order valence-electron chi connectivity index (χ0n) is 17.4. The number of carbonyl (C=O) groups is 2. The van der Waals surface area contributed by atoms with Crippen molar-refractivity contribution in [3.8, 4) is 11.5 Å². The number of rotatable bonds is 11. The smallest absolute Gasteiger partial charge is 0.240 e. The third-order valence-electron chi connectivity index (χ3n) is 4.13. The Morgan fingerprint density at radius 2 is 1.94 bits per heavy atom. The summed E-state index contributed by atoms with van der Waals surface area (Å²) in [6, 6.07) is 10.5. The monoisotopic (exact) mass is 509 g/mol. The fourth-order valence-electron chi connectivity index (χ4n) is 2.51. The maximum Gasteiger partial charge on any atom is 0.240 e. The van der Waals surface area contributed by atoms with Crippen molar-refractivity contribution in [3.05, 3.63) is 51.5 Å². The standard InChI is InChI=1S/C22H25BrClN3O4/c1-3-4-11-31-22-16(23)12-15(13-19(22)30-2)14-25-27-21(29)10-9-20(28)26-18-8-6-5-7-17(18)24/h5-8,12-14H,3-4,9-11H2,1-2H3,(H,26,28)(H,27,29). The average Bonchev–Trinajstić information content (AvgIpc) is 2.75. The highest BCUT2D eigenvalue weighted by Crippen LogP contribution is 2.36. The molecule has 0 fully saturated rings. The van der Waals surface area contributed by atoms with Gasteiger partial charge in [0.15, 0.2) is 11.5 Å². The van der Waals surface area contributed by atoms with Gasteiger partial charge in [-0.25, -0.2) is 5.43 Å². The van der Waals surface area contributed by atoms with Crippen LogP contribution in [0, 0.1) is 0 Å². The predicted octanol–water partition coefficient (Wildman–Crippen LogP) is 5.16. The molecule has 0 atom stereocenters. The van der Waals surface area contributed by atoms with Crippen molar-refractivity contribution in [1.82, 2.24) is 5.43 Å². The van der Waals surface area contributed by atoms with Crippen LogP contribution in [0.2, 0.25) is 5.02 Å². The van der Waals surface area contributed by atoms with Crippen molar-refractivity contribution in [2.45, 2.75) is 32.6 Å². The second-order valence-corrected chi connectivity index (χ2v) is 7.82.